The predicted molar refractivity (Wildman–Crippen MR) is 128 cm³/mol. The summed E-state index contributed by atoms with van der Waals surface area (Å²) in [7, 11) is 0. The molecule has 174 valence electrons. The Balaban J connectivity index is 1.62. The molecule has 0 bridgehead atoms. The zero-order valence-electron chi connectivity index (χ0n) is 19.3. The van der Waals surface area contributed by atoms with Crippen molar-refractivity contribution in [3.63, 3.8) is 0 Å². The lowest BCUT2D eigenvalue weighted by Gasteiger charge is -2.46. The number of piperidine rings is 1. The van der Waals surface area contributed by atoms with Crippen LogP contribution >= 0.6 is 11.6 Å². The highest BCUT2D eigenvalue weighted by Crippen LogP contribution is 2.41. The standard InChI is InChI=1S/C26H30ClN3O3/c1-26(2,3)30(25(31)32)19-8-6-12-29(16-19)22-14-18-7-4-5-9-20(18)24(22)33-23-11-10-17(15-28)13-21(23)27/h4-5,7,9-11,13,19,22,24H,6,8,12,14,16H2,1-3H3,(H,31,32)/t19-,22-,24-/m1/s1. The number of nitrogens with zero attached hydrogens (tertiary/aromatic N) is 3. The van der Waals surface area contributed by atoms with Crippen LogP contribution < -0.4 is 4.74 Å². The van der Waals surface area contributed by atoms with Crippen LogP contribution in [0.5, 0.6) is 5.75 Å². The molecule has 0 unspecified atom stereocenters. The maximum atomic E-state index is 12.1. The van der Waals surface area contributed by atoms with Crippen molar-refractivity contribution in [2.24, 2.45) is 0 Å². The van der Waals surface area contributed by atoms with Gasteiger partial charge in [0.1, 0.15) is 11.9 Å². The van der Waals surface area contributed by atoms with Gasteiger partial charge in [-0.25, -0.2) is 4.79 Å². The molecule has 1 N–H and O–H groups in total. The van der Waals surface area contributed by atoms with E-state index in [4.69, 9.17) is 21.6 Å². The summed E-state index contributed by atoms with van der Waals surface area (Å²) in [6.45, 7) is 7.41. The van der Waals surface area contributed by atoms with Crippen molar-refractivity contribution in [1.29, 1.82) is 5.26 Å². The average molecular weight is 468 g/mol. The second kappa shape index (κ2) is 9.24. The number of ether oxygens (including phenoxy) is 1. The molecule has 33 heavy (non-hydrogen) atoms. The molecule has 1 fully saturated rings. The predicted octanol–water partition coefficient (Wildman–Crippen LogP) is 5.50. The fraction of sp³-hybridized carbons (Fsp3) is 0.462. The topological polar surface area (TPSA) is 76.8 Å². The normalized spacial score (nSPS) is 22.9. The smallest absolute Gasteiger partial charge is 0.408 e. The Kier molecular flexibility index (Phi) is 6.56. The summed E-state index contributed by atoms with van der Waals surface area (Å²) in [5.74, 6) is 0.554. The first kappa shape index (κ1) is 23.4. The lowest BCUT2D eigenvalue weighted by atomic mass is 9.96. The maximum Gasteiger partial charge on any atom is 0.408 e. The molecular weight excluding hydrogens is 438 g/mol. The first-order valence-electron chi connectivity index (χ1n) is 11.4. The Labute approximate surface area is 200 Å². The van der Waals surface area contributed by atoms with Gasteiger partial charge in [0.2, 0.25) is 0 Å². The Morgan fingerprint density at radius 3 is 2.70 bits per heavy atom. The van der Waals surface area contributed by atoms with E-state index in [2.05, 4.69) is 23.1 Å². The van der Waals surface area contributed by atoms with E-state index < -0.39 is 11.6 Å². The number of amides is 1. The van der Waals surface area contributed by atoms with Gasteiger partial charge >= 0.3 is 6.09 Å². The summed E-state index contributed by atoms with van der Waals surface area (Å²) in [4.78, 5) is 16.1. The Morgan fingerprint density at radius 2 is 2.03 bits per heavy atom. The molecular formula is C26H30ClN3O3. The SMILES string of the molecule is CC(C)(C)N(C(=O)O)[C@@H]1CCCN([C@@H]2Cc3ccccc3[C@H]2Oc2ccc(C#N)cc2Cl)C1. The lowest BCUT2D eigenvalue weighted by molar-refractivity contribution is 0.00465. The molecule has 0 radical (unpaired) electrons. The number of benzene rings is 2. The van der Waals surface area contributed by atoms with E-state index in [1.54, 1.807) is 23.1 Å². The first-order chi connectivity index (χ1) is 15.7. The number of hydrogen-bond acceptors (Lipinski definition) is 4. The highest BCUT2D eigenvalue weighted by molar-refractivity contribution is 6.32. The molecule has 0 saturated carbocycles. The minimum absolute atomic E-state index is 0.0703. The van der Waals surface area contributed by atoms with Crippen LogP contribution in [0.15, 0.2) is 42.5 Å². The number of likely N-dealkylation sites (tertiary alicyclic amines) is 1. The zero-order chi connectivity index (χ0) is 23.8. The molecule has 2 aromatic rings. The van der Waals surface area contributed by atoms with E-state index in [-0.39, 0.29) is 18.2 Å². The van der Waals surface area contributed by atoms with Gasteiger partial charge in [-0.15, -0.1) is 0 Å². The van der Waals surface area contributed by atoms with Crippen molar-refractivity contribution in [2.75, 3.05) is 13.1 Å². The van der Waals surface area contributed by atoms with Gasteiger partial charge < -0.3 is 9.84 Å². The Morgan fingerprint density at radius 1 is 1.27 bits per heavy atom. The minimum atomic E-state index is -0.874. The third-order valence-corrected chi connectivity index (χ3v) is 6.94. The van der Waals surface area contributed by atoms with E-state index >= 15 is 0 Å². The van der Waals surface area contributed by atoms with E-state index in [0.29, 0.717) is 22.9 Å². The van der Waals surface area contributed by atoms with Crippen molar-refractivity contribution in [2.45, 2.75) is 63.8 Å². The van der Waals surface area contributed by atoms with Gasteiger partial charge in [-0.1, -0.05) is 35.9 Å². The van der Waals surface area contributed by atoms with Crippen LogP contribution in [0.3, 0.4) is 0 Å². The molecule has 6 nitrogen and oxygen atoms in total. The molecule has 2 aromatic carbocycles. The summed E-state index contributed by atoms with van der Waals surface area (Å²) < 4.78 is 6.50. The maximum absolute atomic E-state index is 12.1. The largest absolute Gasteiger partial charge is 0.482 e. The molecule has 3 atom stereocenters. The Bertz CT molecular complexity index is 1080. The number of hydrogen-bond donors (Lipinski definition) is 1. The van der Waals surface area contributed by atoms with Gasteiger partial charge in [-0.3, -0.25) is 9.80 Å². The number of rotatable bonds is 4. The van der Waals surface area contributed by atoms with Crippen LogP contribution in [0.25, 0.3) is 0 Å². The van der Waals surface area contributed by atoms with Crippen molar-refractivity contribution in [3.05, 3.63) is 64.2 Å². The van der Waals surface area contributed by atoms with E-state index in [0.717, 1.165) is 31.4 Å². The van der Waals surface area contributed by atoms with Gasteiger partial charge in [-0.2, -0.15) is 5.26 Å². The second-order valence-corrected chi connectivity index (χ2v) is 10.3. The molecule has 0 aromatic heterocycles. The zero-order valence-corrected chi connectivity index (χ0v) is 20.0. The minimum Gasteiger partial charge on any atom is -0.482 e. The van der Waals surface area contributed by atoms with Crippen LogP contribution in [0.2, 0.25) is 5.02 Å². The van der Waals surface area contributed by atoms with Crippen LogP contribution in [0.4, 0.5) is 4.79 Å². The lowest BCUT2D eigenvalue weighted by Crippen LogP contribution is -2.58. The summed E-state index contributed by atoms with van der Waals surface area (Å²) in [6, 6.07) is 15.5. The van der Waals surface area contributed by atoms with Crippen LogP contribution in [0.1, 0.15) is 56.4 Å². The van der Waals surface area contributed by atoms with Gasteiger partial charge in [-0.05, 0) is 75.9 Å². The number of carboxylic acid groups (broad SMARTS) is 1. The Hall–Kier alpha value is -2.75. The first-order valence-corrected chi connectivity index (χ1v) is 11.8. The summed E-state index contributed by atoms with van der Waals surface area (Å²) >= 11 is 6.44. The fourth-order valence-corrected chi connectivity index (χ4v) is 5.51. The van der Waals surface area contributed by atoms with Crippen molar-refractivity contribution >= 4 is 17.7 Å². The molecule has 7 heteroatoms. The number of halogens is 1. The van der Waals surface area contributed by atoms with Gasteiger partial charge in [0.15, 0.2) is 0 Å². The van der Waals surface area contributed by atoms with Gasteiger partial charge in [0, 0.05) is 18.1 Å². The fourth-order valence-electron chi connectivity index (χ4n) is 5.29. The molecule has 4 rings (SSSR count). The number of carbonyl (C=O) groups is 1. The highest BCUT2D eigenvalue weighted by atomic mass is 35.5. The number of fused-ring (bicyclic) bond motifs is 1. The third kappa shape index (κ3) is 4.80. The van der Waals surface area contributed by atoms with Crippen LogP contribution in [-0.2, 0) is 6.42 Å². The van der Waals surface area contributed by atoms with E-state index in [9.17, 15) is 9.90 Å². The van der Waals surface area contributed by atoms with Gasteiger partial charge in [0.05, 0.1) is 22.7 Å². The van der Waals surface area contributed by atoms with E-state index in [1.807, 2.05) is 32.9 Å². The summed E-state index contributed by atoms with van der Waals surface area (Å²) in [5, 5.41) is 19.5. The highest BCUT2D eigenvalue weighted by Gasteiger charge is 2.42. The molecule has 1 saturated heterocycles. The van der Waals surface area contributed by atoms with Crippen molar-refractivity contribution in [3.8, 4) is 11.8 Å². The molecule has 2 aliphatic rings. The third-order valence-electron chi connectivity index (χ3n) is 6.65. The van der Waals surface area contributed by atoms with E-state index in [1.165, 1.54) is 5.56 Å². The van der Waals surface area contributed by atoms with Gasteiger partial charge in [0.25, 0.3) is 0 Å². The summed E-state index contributed by atoms with van der Waals surface area (Å²) in [5.41, 5.74) is 2.40. The molecule has 1 amide bonds. The van der Waals surface area contributed by atoms with Crippen LogP contribution in [0, 0.1) is 11.3 Å². The van der Waals surface area contributed by atoms with Crippen molar-refractivity contribution in [1.82, 2.24) is 9.80 Å². The average Bonchev–Trinajstić information content (AvgIpc) is 3.12. The molecule has 1 aliphatic heterocycles. The monoisotopic (exact) mass is 467 g/mol. The second-order valence-electron chi connectivity index (χ2n) is 9.88. The quantitative estimate of drug-likeness (QED) is 0.642. The number of nitriles is 1. The van der Waals surface area contributed by atoms with Crippen LogP contribution in [-0.4, -0.2) is 51.7 Å². The van der Waals surface area contributed by atoms with Crippen molar-refractivity contribution < 1.29 is 14.6 Å². The summed E-state index contributed by atoms with van der Waals surface area (Å²) in [6.07, 6.45) is 1.53. The molecule has 1 aliphatic carbocycles. The molecule has 0 spiro atoms. The molecule has 1 heterocycles.